The molecule has 0 amide bonds. The van der Waals surface area contributed by atoms with Crippen molar-refractivity contribution in [1.82, 2.24) is 0 Å². The second-order valence-corrected chi connectivity index (χ2v) is 2.26. The van der Waals surface area contributed by atoms with Crippen molar-refractivity contribution in [3.05, 3.63) is 5.73 Å². The van der Waals surface area contributed by atoms with Gasteiger partial charge >= 0.3 is 0 Å². The molecule has 0 saturated carbocycles. The molecule has 0 saturated heterocycles. The van der Waals surface area contributed by atoms with Crippen LogP contribution in [0.4, 0.5) is 0 Å². The normalized spacial score (nSPS) is 13.0. The van der Waals surface area contributed by atoms with E-state index in [-0.39, 0.29) is 0 Å². The molecule has 0 unspecified atom stereocenters. The van der Waals surface area contributed by atoms with E-state index in [9.17, 15) is 9.90 Å². The maximum atomic E-state index is 10.1. The molecule has 4 nitrogen and oxygen atoms in total. The van der Waals surface area contributed by atoms with Crippen LogP contribution in [0, 0.1) is 0 Å². The number of carboxylic acid groups (broad SMARTS) is 1. The summed E-state index contributed by atoms with van der Waals surface area (Å²) in [5.41, 5.74) is 10.2. The van der Waals surface area contributed by atoms with E-state index in [1.165, 1.54) is 0 Å². The predicted molar refractivity (Wildman–Crippen MR) is 34.7 cm³/mol. The molecule has 60 valence electrons. The Morgan fingerprint density at radius 2 is 2.20 bits per heavy atom. The minimum absolute atomic E-state index is 0.361. The monoisotopic (exact) mass is 145 g/mol. The van der Waals surface area contributed by atoms with Gasteiger partial charge in [-0.05, 0) is 6.42 Å². The molecule has 0 aromatic carbocycles. The Balaban J connectivity index is 3.21. The summed E-state index contributed by atoms with van der Waals surface area (Å²) >= 11 is 0. The molecule has 0 aromatic heterocycles. The van der Waals surface area contributed by atoms with Crippen LogP contribution in [-0.2, 0) is 4.79 Å². The molecule has 4 N–H and O–H groups in total. The van der Waals surface area contributed by atoms with Crippen molar-refractivity contribution in [3.63, 3.8) is 0 Å². The lowest BCUT2D eigenvalue weighted by Crippen LogP contribution is -2.68. The van der Waals surface area contributed by atoms with E-state index in [4.69, 9.17) is 5.73 Å². The zero-order valence-electron chi connectivity index (χ0n) is 5.93. The van der Waals surface area contributed by atoms with Gasteiger partial charge in [0.1, 0.15) is 6.04 Å². The van der Waals surface area contributed by atoms with Gasteiger partial charge in [0.15, 0.2) is 0 Å². The van der Waals surface area contributed by atoms with Crippen LogP contribution in [-0.4, -0.2) is 18.6 Å². The van der Waals surface area contributed by atoms with Crippen LogP contribution in [0.5, 0.6) is 0 Å². The van der Waals surface area contributed by atoms with Gasteiger partial charge in [-0.1, -0.05) is 6.42 Å². The Labute approximate surface area is 60.2 Å². The summed E-state index contributed by atoms with van der Waals surface area (Å²) in [5.74, 6) is -1.09. The van der Waals surface area contributed by atoms with Gasteiger partial charge in [-0.15, -0.1) is 0 Å². The standard InChI is InChI=1S/C6H13N2O2/c7-4-2-1-3-5(8)6(9)10/h5,7H,1-4,8H2,(H,9,10)/q-1/t5-/m0/s1. The summed E-state index contributed by atoms with van der Waals surface area (Å²) in [6, 6.07) is -0.605. The Morgan fingerprint density at radius 3 is 2.60 bits per heavy atom. The number of carboxylic acids is 1. The largest absolute Gasteiger partial charge is 0.677 e. The highest BCUT2D eigenvalue weighted by molar-refractivity contribution is 5.68. The summed E-state index contributed by atoms with van der Waals surface area (Å²) in [6.45, 7) is 0.361. The van der Waals surface area contributed by atoms with Gasteiger partial charge in [-0.3, -0.25) is 0 Å². The number of hydrogen-bond acceptors (Lipinski definition) is 2. The minimum atomic E-state index is -1.09. The van der Waals surface area contributed by atoms with Crippen LogP contribution in [0.2, 0.25) is 0 Å². The molecule has 0 aliphatic rings. The van der Waals surface area contributed by atoms with Crippen molar-refractivity contribution in [2.24, 2.45) is 0 Å². The zero-order chi connectivity index (χ0) is 7.98. The Bertz CT molecular complexity index is 106. The third kappa shape index (κ3) is 4.29. The molecule has 0 heterocycles. The average molecular weight is 145 g/mol. The van der Waals surface area contributed by atoms with E-state index in [0.717, 1.165) is 12.8 Å². The summed E-state index contributed by atoms with van der Waals surface area (Å²) in [7, 11) is 0. The van der Waals surface area contributed by atoms with Crippen molar-refractivity contribution in [1.29, 1.82) is 0 Å². The van der Waals surface area contributed by atoms with E-state index >= 15 is 0 Å². The van der Waals surface area contributed by atoms with Gasteiger partial charge < -0.3 is 21.4 Å². The first-order chi connectivity index (χ1) is 4.68. The second kappa shape index (κ2) is 5.20. The van der Waals surface area contributed by atoms with Crippen LogP contribution in [0.3, 0.4) is 0 Å². The Kier molecular flexibility index (Phi) is 4.88. The predicted octanol–water partition coefficient (Wildman–Crippen LogP) is -1.43. The first-order valence-corrected chi connectivity index (χ1v) is 3.37. The third-order valence-electron chi connectivity index (χ3n) is 1.31. The van der Waals surface area contributed by atoms with Crippen LogP contribution < -0.4 is 10.8 Å². The van der Waals surface area contributed by atoms with Crippen molar-refractivity contribution >= 4 is 5.97 Å². The highest BCUT2D eigenvalue weighted by Gasteiger charge is 2.04. The van der Waals surface area contributed by atoms with Gasteiger partial charge in [0.25, 0.3) is 0 Å². The van der Waals surface area contributed by atoms with Gasteiger partial charge in [0.05, 0.1) is 5.97 Å². The SMILES string of the molecule is [NH-]CCCC[C@H]([NH3+])C(=O)[O-]. The van der Waals surface area contributed by atoms with Crippen LogP contribution in [0.15, 0.2) is 0 Å². The number of carbonyl (C=O) groups is 1. The molecular weight excluding hydrogens is 132 g/mol. The minimum Gasteiger partial charge on any atom is -0.677 e. The first-order valence-electron chi connectivity index (χ1n) is 3.37. The highest BCUT2D eigenvalue weighted by Crippen LogP contribution is 1.96. The number of carbonyl (C=O) groups excluding carboxylic acids is 1. The Morgan fingerprint density at radius 1 is 1.60 bits per heavy atom. The van der Waals surface area contributed by atoms with Gasteiger partial charge in [0.2, 0.25) is 0 Å². The van der Waals surface area contributed by atoms with Crippen molar-refractivity contribution in [3.8, 4) is 0 Å². The molecule has 0 aliphatic heterocycles. The molecule has 0 aliphatic carbocycles. The molecular formula is C6H13N2O2-. The van der Waals surface area contributed by atoms with Crippen LogP contribution in [0.1, 0.15) is 19.3 Å². The number of rotatable bonds is 5. The lowest BCUT2D eigenvalue weighted by atomic mass is 10.1. The number of hydrogen-bond donors (Lipinski definition) is 1. The van der Waals surface area contributed by atoms with Gasteiger partial charge in [0, 0.05) is 6.42 Å². The van der Waals surface area contributed by atoms with E-state index in [1.54, 1.807) is 0 Å². The van der Waals surface area contributed by atoms with Crippen molar-refractivity contribution in [2.45, 2.75) is 25.3 Å². The molecule has 0 fully saturated rings. The molecule has 1 atom stereocenters. The fourth-order valence-corrected chi connectivity index (χ4v) is 0.634. The van der Waals surface area contributed by atoms with Gasteiger partial charge in [-0.2, -0.15) is 6.54 Å². The lowest BCUT2D eigenvalue weighted by Gasteiger charge is -2.08. The second-order valence-electron chi connectivity index (χ2n) is 2.26. The van der Waals surface area contributed by atoms with E-state index < -0.39 is 12.0 Å². The van der Waals surface area contributed by atoms with E-state index in [1.807, 2.05) is 0 Å². The maximum absolute atomic E-state index is 10.1. The summed E-state index contributed by atoms with van der Waals surface area (Å²) in [4.78, 5) is 10.1. The number of nitrogens with one attached hydrogen (secondary N) is 1. The molecule has 0 aromatic rings. The summed E-state index contributed by atoms with van der Waals surface area (Å²) < 4.78 is 0. The number of unbranched alkanes of at least 4 members (excludes halogenated alkanes) is 1. The fraction of sp³-hybridized carbons (Fsp3) is 0.833. The summed E-state index contributed by atoms with van der Waals surface area (Å²) in [5, 5.41) is 10.1. The molecule has 0 bridgehead atoms. The number of aliphatic carboxylic acids is 1. The first kappa shape index (κ1) is 9.39. The van der Waals surface area contributed by atoms with Gasteiger partial charge in [-0.25, -0.2) is 0 Å². The molecule has 0 rings (SSSR count). The molecule has 0 spiro atoms. The Hall–Kier alpha value is -0.610. The molecule has 10 heavy (non-hydrogen) atoms. The summed E-state index contributed by atoms with van der Waals surface area (Å²) in [6.07, 6.45) is 2.03. The smallest absolute Gasteiger partial charge is 0.124 e. The van der Waals surface area contributed by atoms with Crippen LogP contribution >= 0.6 is 0 Å². The third-order valence-corrected chi connectivity index (χ3v) is 1.31. The lowest BCUT2D eigenvalue weighted by molar-refractivity contribution is -0.438. The van der Waals surface area contributed by atoms with E-state index in [0.29, 0.717) is 13.0 Å². The number of quaternary nitrogens is 1. The highest BCUT2D eigenvalue weighted by atomic mass is 16.4. The van der Waals surface area contributed by atoms with Crippen molar-refractivity contribution in [2.75, 3.05) is 6.54 Å². The fourth-order valence-electron chi connectivity index (χ4n) is 0.634. The van der Waals surface area contributed by atoms with Crippen molar-refractivity contribution < 1.29 is 15.6 Å². The quantitative estimate of drug-likeness (QED) is 0.480. The zero-order valence-corrected chi connectivity index (χ0v) is 5.93. The molecule has 4 heteroatoms. The topological polar surface area (TPSA) is 91.6 Å². The molecule has 0 radical (unpaired) electrons. The average Bonchev–Trinajstić information content (AvgIpc) is 1.88. The van der Waals surface area contributed by atoms with Crippen LogP contribution in [0.25, 0.3) is 5.73 Å². The van der Waals surface area contributed by atoms with E-state index in [2.05, 4.69) is 5.73 Å². The maximum Gasteiger partial charge on any atom is 0.124 e.